The average molecular weight is 539 g/mol. The monoisotopic (exact) mass is 537 g/mol. The molecule has 0 saturated carbocycles. The minimum Gasteiger partial charge on any atom is -0.481 e. The summed E-state index contributed by atoms with van der Waals surface area (Å²) in [5.41, 5.74) is 3.81. The van der Waals surface area contributed by atoms with Crippen LogP contribution < -0.4 is 0 Å². The lowest BCUT2D eigenvalue weighted by Gasteiger charge is -2.32. The van der Waals surface area contributed by atoms with E-state index in [1.54, 1.807) is 18.2 Å². The van der Waals surface area contributed by atoms with E-state index in [1.807, 2.05) is 66.7 Å². The Morgan fingerprint density at radius 1 is 0.722 bits per heavy atom. The van der Waals surface area contributed by atoms with Crippen molar-refractivity contribution in [1.29, 1.82) is 0 Å². The lowest BCUT2D eigenvalue weighted by Crippen LogP contribution is -2.35. The third kappa shape index (κ3) is 6.46. The van der Waals surface area contributed by atoms with Crippen molar-refractivity contribution in [3.8, 4) is 11.1 Å². The first kappa shape index (κ1) is 25.8. The molecule has 0 aliphatic heterocycles. The van der Waals surface area contributed by atoms with E-state index in [0.29, 0.717) is 20.6 Å². The van der Waals surface area contributed by atoms with Crippen LogP contribution in [-0.2, 0) is 11.3 Å². The van der Waals surface area contributed by atoms with Crippen molar-refractivity contribution in [2.24, 2.45) is 0 Å². The van der Waals surface area contributed by atoms with Gasteiger partial charge in [-0.1, -0.05) is 102 Å². The molecular formula is C29H22Cl3NO3. The maximum atomic E-state index is 13.8. The first-order valence-corrected chi connectivity index (χ1v) is 12.3. The molecule has 182 valence electrons. The predicted molar refractivity (Wildman–Crippen MR) is 145 cm³/mol. The zero-order valence-electron chi connectivity index (χ0n) is 19.1. The highest BCUT2D eigenvalue weighted by molar-refractivity contribution is 6.35. The second-order valence-electron chi connectivity index (χ2n) is 8.32. The van der Waals surface area contributed by atoms with Gasteiger partial charge in [-0.3, -0.25) is 9.59 Å². The van der Waals surface area contributed by atoms with E-state index in [-0.39, 0.29) is 24.4 Å². The summed E-state index contributed by atoms with van der Waals surface area (Å²) in [5, 5.41) is 11.0. The molecule has 0 spiro atoms. The fourth-order valence-corrected chi connectivity index (χ4v) is 4.71. The first-order chi connectivity index (χ1) is 17.3. The highest BCUT2D eigenvalue weighted by Gasteiger charge is 2.29. The number of nitrogens with zero attached hydrogens (tertiary/aromatic N) is 1. The Labute approximate surface area is 224 Å². The maximum Gasteiger partial charge on any atom is 0.305 e. The fourth-order valence-electron chi connectivity index (χ4n) is 4.05. The Morgan fingerprint density at radius 3 is 1.89 bits per heavy atom. The number of carbonyl (C=O) groups excluding carboxylic acids is 1. The van der Waals surface area contributed by atoms with Gasteiger partial charge >= 0.3 is 5.97 Å². The minimum atomic E-state index is -1.02. The number of hydrogen-bond donors (Lipinski definition) is 1. The molecule has 4 rings (SSSR count). The molecule has 1 atom stereocenters. The second kappa shape index (κ2) is 11.6. The summed E-state index contributed by atoms with van der Waals surface area (Å²) in [4.78, 5) is 27.3. The van der Waals surface area contributed by atoms with E-state index in [9.17, 15) is 14.7 Å². The van der Waals surface area contributed by atoms with Crippen molar-refractivity contribution >= 4 is 46.7 Å². The van der Waals surface area contributed by atoms with Gasteiger partial charge in [0.15, 0.2) is 0 Å². The highest BCUT2D eigenvalue weighted by Crippen LogP contribution is 2.31. The quantitative estimate of drug-likeness (QED) is 0.246. The van der Waals surface area contributed by atoms with Gasteiger partial charge < -0.3 is 10.0 Å². The van der Waals surface area contributed by atoms with Crippen molar-refractivity contribution in [2.75, 3.05) is 0 Å². The maximum absolute atomic E-state index is 13.8. The summed E-state index contributed by atoms with van der Waals surface area (Å²) in [6.07, 6.45) is -0.279. The summed E-state index contributed by atoms with van der Waals surface area (Å²) < 4.78 is 0. The Balaban J connectivity index is 1.76. The molecule has 0 fully saturated rings. The number of carboxylic acid groups (broad SMARTS) is 1. The molecule has 0 aliphatic carbocycles. The standard InChI is InChI=1S/C29H22Cl3NO3/c30-24-12-6-19(7-13-24)18-33(29(36)23-14-25(31)16-26(32)15-23)27(17-28(34)35)22-10-8-21(9-11-22)20-4-2-1-3-5-20/h1-16,27H,17-18H2,(H,34,35). The molecule has 0 bridgehead atoms. The third-order valence-electron chi connectivity index (χ3n) is 5.78. The van der Waals surface area contributed by atoms with Gasteiger partial charge in [0.25, 0.3) is 5.91 Å². The minimum absolute atomic E-state index is 0.165. The van der Waals surface area contributed by atoms with Gasteiger partial charge in [-0.05, 0) is 52.6 Å². The van der Waals surface area contributed by atoms with E-state index >= 15 is 0 Å². The number of aliphatic carboxylic acids is 1. The molecule has 4 aromatic carbocycles. The fraction of sp³-hybridized carbons (Fsp3) is 0.103. The number of hydrogen-bond acceptors (Lipinski definition) is 2. The smallest absolute Gasteiger partial charge is 0.305 e. The number of carboxylic acids is 1. The molecule has 7 heteroatoms. The van der Waals surface area contributed by atoms with Crippen LogP contribution in [0.15, 0.2) is 97.1 Å². The molecule has 0 saturated heterocycles. The van der Waals surface area contributed by atoms with Crippen molar-refractivity contribution in [2.45, 2.75) is 19.0 Å². The van der Waals surface area contributed by atoms with Gasteiger partial charge in [0.2, 0.25) is 0 Å². The van der Waals surface area contributed by atoms with Crippen molar-refractivity contribution in [1.82, 2.24) is 4.90 Å². The highest BCUT2D eigenvalue weighted by atomic mass is 35.5. The average Bonchev–Trinajstić information content (AvgIpc) is 2.87. The Morgan fingerprint density at radius 2 is 1.31 bits per heavy atom. The molecule has 36 heavy (non-hydrogen) atoms. The Bertz CT molecular complexity index is 1340. The summed E-state index contributed by atoms with van der Waals surface area (Å²) in [5.74, 6) is -1.40. The lowest BCUT2D eigenvalue weighted by molar-refractivity contribution is -0.138. The molecule has 1 N–H and O–H groups in total. The van der Waals surface area contributed by atoms with Crippen LogP contribution in [0.4, 0.5) is 0 Å². The van der Waals surface area contributed by atoms with Gasteiger partial charge in [0.05, 0.1) is 12.5 Å². The van der Waals surface area contributed by atoms with Crippen LogP contribution in [0.2, 0.25) is 15.1 Å². The predicted octanol–water partition coefficient (Wildman–Crippen LogP) is 8.17. The zero-order valence-corrected chi connectivity index (χ0v) is 21.3. The van der Waals surface area contributed by atoms with E-state index in [1.165, 1.54) is 17.0 Å². The van der Waals surface area contributed by atoms with Gasteiger partial charge in [0, 0.05) is 27.2 Å². The Kier molecular flexibility index (Phi) is 8.32. The van der Waals surface area contributed by atoms with Crippen LogP contribution in [0.1, 0.15) is 33.9 Å². The summed E-state index contributed by atoms with van der Waals surface area (Å²) in [6.45, 7) is 0.165. The van der Waals surface area contributed by atoms with Crippen LogP contribution in [0.3, 0.4) is 0 Å². The number of rotatable bonds is 8. The van der Waals surface area contributed by atoms with E-state index < -0.39 is 12.0 Å². The summed E-state index contributed by atoms with van der Waals surface area (Å²) in [6, 6.07) is 28.4. The Hall–Kier alpha value is -3.31. The van der Waals surface area contributed by atoms with Crippen LogP contribution in [0.25, 0.3) is 11.1 Å². The third-order valence-corrected chi connectivity index (χ3v) is 6.47. The largest absolute Gasteiger partial charge is 0.481 e. The van der Waals surface area contributed by atoms with Gasteiger partial charge in [0.1, 0.15) is 0 Å². The number of carbonyl (C=O) groups is 2. The second-order valence-corrected chi connectivity index (χ2v) is 9.63. The molecule has 4 aromatic rings. The molecule has 0 radical (unpaired) electrons. The SMILES string of the molecule is O=C(O)CC(c1ccc(-c2ccccc2)cc1)N(Cc1ccc(Cl)cc1)C(=O)c1cc(Cl)cc(Cl)c1. The number of halogens is 3. The lowest BCUT2D eigenvalue weighted by atomic mass is 9.96. The van der Waals surface area contributed by atoms with Gasteiger partial charge in [-0.2, -0.15) is 0 Å². The first-order valence-electron chi connectivity index (χ1n) is 11.2. The molecule has 0 aliphatic rings. The normalized spacial score (nSPS) is 11.6. The van der Waals surface area contributed by atoms with Crippen LogP contribution in [-0.4, -0.2) is 21.9 Å². The molecule has 0 aromatic heterocycles. The number of amides is 1. The van der Waals surface area contributed by atoms with Crippen LogP contribution >= 0.6 is 34.8 Å². The van der Waals surface area contributed by atoms with E-state index in [0.717, 1.165) is 16.7 Å². The van der Waals surface area contributed by atoms with Crippen molar-refractivity contribution < 1.29 is 14.7 Å². The molecule has 1 unspecified atom stereocenters. The molecule has 0 heterocycles. The summed E-state index contributed by atoms with van der Waals surface area (Å²) in [7, 11) is 0. The molecule has 1 amide bonds. The zero-order chi connectivity index (χ0) is 25.7. The van der Waals surface area contributed by atoms with Crippen LogP contribution in [0, 0.1) is 0 Å². The molecular weight excluding hydrogens is 517 g/mol. The topological polar surface area (TPSA) is 57.6 Å². The van der Waals surface area contributed by atoms with Crippen molar-refractivity contribution in [3.63, 3.8) is 0 Å². The van der Waals surface area contributed by atoms with Crippen molar-refractivity contribution in [3.05, 3.63) is 129 Å². The van der Waals surface area contributed by atoms with E-state index in [4.69, 9.17) is 34.8 Å². The van der Waals surface area contributed by atoms with Crippen LogP contribution in [0.5, 0.6) is 0 Å². The van der Waals surface area contributed by atoms with Gasteiger partial charge in [-0.25, -0.2) is 0 Å². The van der Waals surface area contributed by atoms with Gasteiger partial charge in [-0.15, -0.1) is 0 Å². The molecule has 4 nitrogen and oxygen atoms in total. The van der Waals surface area contributed by atoms with E-state index in [2.05, 4.69) is 0 Å². The number of benzene rings is 4. The summed E-state index contributed by atoms with van der Waals surface area (Å²) >= 11 is 18.4.